The molecule has 4 rings (SSSR count). The fraction of sp³-hybridized carbons (Fsp3) is 0.257. The highest BCUT2D eigenvalue weighted by Crippen LogP contribution is 2.34. The molecule has 4 aromatic carbocycles. The van der Waals surface area contributed by atoms with Crippen molar-refractivity contribution in [3.8, 4) is 11.5 Å². The molecule has 4 aromatic rings. The van der Waals surface area contributed by atoms with Gasteiger partial charge in [0.1, 0.15) is 24.1 Å². The van der Waals surface area contributed by atoms with Crippen LogP contribution >= 0.6 is 0 Å². The number of hydrogen-bond donors (Lipinski definition) is 1. The van der Waals surface area contributed by atoms with E-state index in [9.17, 15) is 18.0 Å². The van der Waals surface area contributed by atoms with Crippen LogP contribution in [0.3, 0.4) is 0 Å². The zero-order valence-electron chi connectivity index (χ0n) is 26.2. The summed E-state index contributed by atoms with van der Waals surface area (Å²) in [6, 6.07) is 27.2. The van der Waals surface area contributed by atoms with E-state index in [1.165, 1.54) is 31.2 Å². The van der Waals surface area contributed by atoms with Gasteiger partial charge < -0.3 is 19.7 Å². The number of rotatable bonds is 13. The molecule has 0 fully saturated rings. The zero-order chi connectivity index (χ0) is 32.6. The number of benzene rings is 4. The fourth-order valence-corrected chi connectivity index (χ4v) is 6.45. The van der Waals surface area contributed by atoms with Crippen LogP contribution < -0.4 is 19.1 Å². The number of carbonyl (C=O) groups is 2. The monoisotopic (exact) mass is 629 g/mol. The summed E-state index contributed by atoms with van der Waals surface area (Å²) in [6.07, 6.45) is 0.217. The molecule has 0 spiro atoms. The second kappa shape index (κ2) is 14.8. The lowest BCUT2D eigenvalue weighted by atomic mass is 10.0. The normalized spacial score (nSPS) is 11.8. The predicted octanol–water partition coefficient (Wildman–Crippen LogP) is 4.90. The van der Waals surface area contributed by atoms with Crippen LogP contribution in [0.5, 0.6) is 11.5 Å². The van der Waals surface area contributed by atoms with Gasteiger partial charge in [0.2, 0.25) is 11.8 Å². The van der Waals surface area contributed by atoms with Crippen LogP contribution in [0.25, 0.3) is 0 Å². The Morgan fingerprint density at radius 3 is 2.11 bits per heavy atom. The molecule has 0 heterocycles. The molecule has 9 nitrogen and oxygen atoms in total. The van der Waals surface area contributed by atoms with Crippen LogP contribution in [0.4, 0.5) is 5.69 Å². The largest absolute Gasteiger partial charge is 0.497 e. The third-order valence-corrected chi connectivity index (χ3v) is 9.27. The number of nitrogens with zero attached hydrogens (tertiary/aromatic N) is 2. The smallest absolute Gasteiger partial charge is 0.264 e. The highest BCUT2D eigenvalue weighted by Gasteiger charge is 2.35. The van der Waals surface area contributed by atoms with Crippen molar-refractivity contribution in [3.05, 3.63) is 119 Å². The Hall–Kier alpha value is -4.83. The van der Waals surface area contributed by atoms with Crippen LogP contribution in [0.1, 0.15) is 22.3 Å². The van der Waals surface area contributed by atoms with Gasteiger partial charge in [0.15, 0.2) is 0 Å². The standard InChI is InChI=1S/C35H39N3O6S/c1-25-14-17-30(18-15-25)45(41,42)38(31-20-26(2)16-19-33(31)44-5)24-34(39)37(23-28-12-9-13-29(21-28)43-4)32(35(40)36-3)22-27-10-7-6-8-11-27/h6-21,32H,22-24H2,1-5H3,(H,36,40)/t32-/m1/s1. The molecule has 0 aromatic heterocycles. The number of sulfonamides is 1. The molecule has 0 saturated carbocycles. The first kappa shape index (κ1) is 33.1. The van der Waals surface area contributed by atoms with Crippen LogP contribution in [-0.2, 0) is 32.6 Å². The summed E-state index contributed by atoms with van der Waals surface area (Å²) in [6.45, 7) is 3.15. The quantitative estimate of drug-likeness (QED) is 0.226. The molecule has 2 amide bonds. The van der Waals surface area contributed by atoms with E-state index < -0.39 is 28.5 Å². The number of anilines is 1. The summed E-state index contributed by atoms with van der Waals surface area (Å²) in [5.74, 6) is -0.0686. The van der Waals surface area contributed by atoms with Crippen LogP contribution in [0.2, 0.25) is 0 Å². The predicted molar refractivity (Wildman–Crippen MR) is 175 cm³/mol. The summed E-state index contributed by atoms with van der Waals surface area (Å²) in [5.41, 5.74) is 3.45. The number of nitrogens with one attached hydrogen (secondary N) is 1. The molecule has 10 heteroatoms. The molecular weight excluding hydrogens is 590 g/mol. The van der Waals surface area contributed by atoms with Crippen molar-refractivity contribution in [1.82, 2.24) is 10.2 Å². The number of hydrogen-bond acceptors (Lipinski definition) is 6. The molecule has 0 saturated heterocycles. The Bertz CT molecular complexity index is 1730. The summed E-state index contributed by atoms with van der Waals surface area (Å²) in [4.78, 5) is 29.4. The van der Waals surface area contributed by atoms with Crippen molar-refractivity contribution in [2.75, 3.05) is 32.1 Å². The molecule has 0 aliphatic rings. The third kappa shape index (κ3) is 8.02. The van der Waals surface area contributed by atoms with Gasteiger partial charge in [-0.15, -0.1) is 0 Å². The minimum absolute atomic E-state index is 0.0240. The molecular formula is C35H39N3O6S. The van der Waals surface area contributed by atoms with Gasteiger partial charge in [-0.3, -0.25) is 13.9 Å². The summed E-state index contributed by atoms with van der Waals surface area (Å²) >= 11 is 0. The van der Waals surface area contributed by atoms with Crippen LogP contribution in [0, 0.1) is 13.8 Å². The summed E-state index contributed by atoms with van der Waals surface area (Å²) in [7, 11) is 0.254. The molecule has 0 radical (unpaired) electrons. The highest BCUT2D eigenvalue weighted by molar-refractivity contribution is 7.92. The van der Waals surface area contributed by atoms with E-state index in [0.717, 1.165) is 21.0 Å². The van der Waals surface area contributed by atoms with E-state index in [4.69, 9.17) is 9.47 Å². The van der Waals surface area contributed by atoms with Crippen molar-refractivity contribution in [1.29, 1.82) is 0 Å². The molecule has 0 aliphatic heterocycles. The van der Waals surface area contributed by atoms with Crippen molar-refractivity contribution in [2.45, 2.75) is 37.8 Å². The Morgan fingerprint density at radius 1 is 0.800 bits per heavy atom. The lowest BCUT2D eigenvalue weighted by Crippen LogP contribution is -2.53. The lowest BCUT2D eigenvalue weighted by molar-refractivity contribution is -0.139. The third-order valence-electron chi connectivity index (χ3n) is 7.50. The molecule has 0 unspecified atom stereocenters. The van der Waals surface area contributed by atoms with E-state index in [1.807, 2.05) is 50.2 Å². The Morgan fingerprint density at radius 2 is 1.47 bits per heavy atom. The fourth-order valence-electron chi connectivity index (χ4n) is 5.03. The molecule has 0 bridgehead atoms. The average molecular weight is 630 g/mol. The number of amides is 2. The van der Waals surface area contributed by atoms with Crippen LogP contribution in [-0.4, -0.2) is 59.0 Å². The van der Waals surface area contributed by atoms with Gasteiger partial charge in [0.05, 0.1) is 24.8 Å². The Kier molecular flexibility index (Phi) is 10.9. The minimum Gasteiger partial charge on any atom is -0.497 e. The zero-order valence-corrected chi connectivity index (χ0v) is 27.0. The molecule has 1 atom stereocenters. The second-order valence-electron chi connectivity index (χ2n) is 10.7. The number of likely N-dealkylation sites (N-methyl/N-ethyl adjacent to an activating group) is 1. The Balaban J connectivity index is 1.84. The van der Waals surface area contributed by atoms with Gasteiger partial charge in [-0.05, 0) is 66.9 Å². The maximum absolute atomic E-state index is 14.5. The molecule has 236 valence electrons. The average Bonchev–Trinajstić information content (AvgIpc) is 3.05. The number of carbonyl (C=O) groups excluding carboxylic acids is 2. The number of methoxy groups -OCH3 is 2. The van der Waals surface area contributed by atoms with Gasteiger partial charge in [-0.2, -0.15) is 0 Å². The first-order chi connectivity index (χ1) is 21.6. The van der Waals surface area contributed by atoms with Crippen molar-refractivity contribution >= 4 is 27.5 Å². The lowest BCUT2D eigenvalue weighted by Gasteiger charge is -2.34. The number of ether oxygens (including phenoxy) is 2. The van der Waals surface area contributed by atoms with E-state index in [-0.39, 0.29) is 35.2 Å². The number of aryl methyl sites for hydroxylation is 2. The summed E-state index contributed by atoms with van der Waals surface area (Å²) in [5, 5.41) is 2.69. The van der Waals surface area contributed by atoms with Gasteiger partial charge in [-0.1, -0.05) is 66.2 Å². The van der Waals surface area contributed by atoms with Crippen molar-refractivity contribution in [3.63, 3.8) is 0 Å². The Labute approximate surface area is 265 Å². The van der Waals surface area contributed by atoms with E-state index >= 15 is 0 Å². The second-order valence-corrected chi connectivity index (χ2v) is 12.6. The first-order valence-electron chi connectivity index (χ1n) is 14.5. The van der Waals surface area contributed by atoms with Crippen molar-refractivity contribution < 1.29 is 27.5 Å². The maximum atomic E-state index is 14.5. The topological polar surface area (TPSA) is 105 Å². The minimum atomic E-state index is -4.26. The summed E-state index contributed by atoms with van der Waals surface area (Å²) < 4.78 is 40.6. The SMILES string of the molecule is CNC(=O)[C@@H](Cc1ccccc1)N(Cc1cccc(OC)c1)C(=O)CN(c1cc(C)ccc1OC)S(=O)(=O)c1ccc(C)cc1. The molecule has 1 N–H and O–H groups in total. The first-order valence-corrected chi connectivity index (χ1v) is 15.9. The van der Waals surface area contributed by atoms with Gasteiger partial charge in [0, 0.05) is 20.0 Å². The highest BCUT2D eigenvalue weighted by atomic mass is 32.2. The maximum Gasteiger partial charge on any atom is 0.264 e. The van der Waals surface area contributed by atoms with E-state index in [1.54, 1.807) is 55.6 Å². The van der Waals surface area contributed by atoms with Gasteiger partial charge in [0.25, 0.3) is 10.0 Å². The van der Waals surface area contributed by atoms with Crippen molar-refractivity contribution in [2.24, 2.45) is 0 Å². The van der Waals surface area contributed by atoms with Gasteiger partial charge in [-0.25, -0.2) is 8.42 Å². The van der Waals surface area contributed by atoms with Crippen LogP contribution in [0.15, 0.2) is 102 Å². The van der Waals surface area contributed by atoms with Gasteiger partial charge >= 0.3 is 0 Å². The van der Waals surface area contributed by atoms with E-state index in [0.29, 0.717) is 11.3 Å². The molecule has 45 heavy (non-hydrogen) atoms. The van der Waals surface area contributed by atoms with E-state index in [2.05, 4.69) is 5.32 Å². The molecule has 0 aliphatic carbocycles.